The summed E-state index contributed by atoms with van der Waals surface area (Å²) in [7, 11) is 1.65. The summed E-state index contributed by atoms with van der Waals surface area (Å²) < 4.78 is 11.3. The molecule has 0 unspecified atom stereocenters. The first kappa shape index (κ1) is 12.9. The van der Waals surface area contributed by atoms with Gasteiger partial charge in [0.2, 0.25) is 5.79 Å². The number of ether oxygens (including phenoxy) is 2. The highest BCUT2D eigenvalue weighted by atomic mass is 16.7. The first-order valence-electron chi connectivity index (χ1n) is 7.08. The summed E-state index contributed by atoms with van der Waals surface area (Å²) in [6.45, 7) is 8.41. The molecule has 2 saturated carbocycles. The molecule has 3 rings (SSSR count). The van der Waals surface area contributed by atoms with Gasteiger partial charge < -0.3 is 9.47 Å². The van der Waals surface area contributed by atoms with E-state index in [1.54, 1.807) is 7.11 Å². The van der Waals surface area contributed by atoms with E-state index in [1.807, 2.05) is 6.92 Å². The summed E-state index contributed by atoms with van der Waals surface area (Å²) in [6, 6.07) is 0. The number of carbonyl (C=O) groups excluding carboxylic acids is 1. The van der Waals surface area contributed by atoms with E-state index >= 15 is 0 Å². The second-order valence-electron chi connectivity index (χ2n) is 6.55. The molecule has 104 valence electrons. The molecule has 0 amide bonds. The molecule has 0 radical (unpaired) electrons. The van der Waals surface area contributed by atoms with Crippen molar-refractivity contribution >= 4 is 5.97 Å². The van der Waals surface area contributed by atoms with E-state index in [0.29, 0.717) is 5.92 Å². The molecule has 0 aromatic carbocycles. The Kier molecular flexibility index (Phi) is 2.69. The van der Waals surface area contributed by atoms with Gasteiger partial charge in [-0.1, -0.05) is 19.1 Å². The van der Waals surface area contributed by atoms with Crippen LogP contribution in [0.2, 0.25) is 0 Å². The highest BCUT2D eigenvalue weighted by Crippen LogP contribution is 2.59. The zero-order valence-corrected chi connectivity index (χ0v) is 12.0. The molecule has 0 N–H and O–H groups in total. The molecule has 2 aliphatic carbocycles. The van der Waals surface area contributed by atoms with Crippen molar-refractivity contribution in [2.24, 2.45) is 11.3 Å². The fourth-order valence-corrected chi connectivity index (χ4v) is 4.28. The van der Waals surface area contributed by atoms with Gasteiger partial charge in [-0.05, 0) is 43.9 Å². The molecule has 0 aromatic heterocycles. The number of hydrogen-bond acceptors (Lipinski definition) is 3. The van der Waals surface area contributed by atoms with Gasteiger partial charge in [-0.25, -0.2) is 4.79 Å². The first-order chi connectivity index (χ1) is 8.92. The predicted octanol–water partition coefficient (Wildman–Crippen LogP) is 3.36. The van der Waals surface area contributed by atoms with E-state index < -0.39 is 5.79 Å². The summed E-state index contributed by atoms with van der Waals surface area (Å²) in [5.41, 5.74) is 3.26. The molecule has 2 fully saturated rings. The molecule has 1 aliphatic heterocycles. The SMILES string of the molecule is C=C1CCC[C@@]2(C)C[C@]3(OC)OC(=O)C(C)=C3C[C@@H]12. The van der Waals surface area contributed by atoms with Crippen LogP contribution in [0.1, 0.15) is 46.0 Å². The molecular weight excluding hydrogens is 240 g/mol. The Morgan fingerprint density at radius 3 is 2.89 bits per heavy atom. The third kappa shape index (κ3) is 1.64. The number of fused-ring (bicyclic) bond motifs is 2. The molecular formula is C16H22O3. The van der Waals surface area contributed by atoms with E-state index in [-0.39, 0.29) is 11.4 Å². The van der Waals surface area contributed by atoms with Crippen LogP contribution in [0.3, 0.4) is 0 Å². The van der Waals surface area contributed by atoms with Gasteiger partial charge in [0.15, 0.2) is 0 Å². The van der Waals surface area contributed by atoms with Crippen LogP contribution >= 0.6 is 0 Å². The lowest BCUT2D eigenvalue weighted by Crippen LogP contribution is -2.49. The molecule has 3 nitrogen and oxygen atoms in total. The molecule has 19 heavy (non-hydrogen) atoms. The van der Waals surface area contributed by atoms with Crippen LogP contribution in [0.25, 0.3) is 0 Å². The minimum absolute atomic E-state index is 0.139. The van der Waals surface area contributed by atoms with E-state index in [4.69, 9.17) is 9.47 Å². The van der Waals surface area contributed by atoms with Crippen molar-refractivity contribution in [1.82, 2.24) is 0 Å². The summed E-state index contributed by atoms with van der Waals surface area (Å²) in [6.07, 6.45) is 5.07. The molecule has 0 aromatic rings. The average molecular weight is 262 g/mol. The van der Waals surface area contributed by atoms with Gasteiger partial charge in [-0.15, -0.1) is 0 Å². The number of methoxy groups -OCH3 is 1. The van der Waals surface area contributed by atoms with Crippen molar-refractivity contribution in [3.05, 3.63) is 23.3 Å². The molecule has 0 saturated heterocycles. The van der Waals surface area contributed by atoms with Crippen LogP contribution in [0.15, 0.2) is 23.3 Å². The second-order valence-corrected chi connectivity index (χ2v) is 6.55. The van der Waals surface area contributed by atoms with Crippen molar-refractivity contribution in [3.63, 3.8) is 0 Å². The molecule has 3 aliphatic rings. The predicted molar refractivity (Wildman–Crippen MR) is 72.4 cm³/mol. The zero-order valence-electron chi connectivity index (χ0n) is 12.0. The topological polar surface area (TPSA) is 35.5 Å². The van der Waals surface area contributed by atoms with E-state index in [0.717, 1.165) is 36.8 Å². The van der Waals surface area contributed by atoms with Gasteiger partial charge in [0, 0.05) is 24.7 Å². The fourth-order valence-electron chi connectivity index (χ4n) is 4.28. The standard InChI is InChI=1S/C16H22O3/c1-10-6-5-7-15(3)9-16(18-4)13(8-12(10)15)11(2)14(17)19-16/h12H,1,5-9H2,2-4H3/t12-,15-,16-/m0/s1. The van der Waals surface area contributed by atoms with Crippen LogP contribution in [-0.4, -0.2) is 18.9 Å². The third-order valence-corrected chi connectivity index (χ3v) is 5.43. The maximum Gasteiger partial charge on any atom is 0.336 e. The number of allylic oxidation sites excluding steroid dienone is 1. The Morgan fingerprint density at radius 2 is 2.21 bits per heavy atom. The van der Waals surface area contributed by atoms with Gasteiger partial charge in [0.1, 0.15) is 0 Å². The van der Waals surface area contributed by atoms with Crippen LogP contribution in [0.5, 0.6) is 0 Å². The number of esters is 1. The van der Waals surface area contributed by atoms with Crippen molar-refractivity contribution in [2.75, 3.05) is 7.11 Å². The Hall–Kier alpha value is -1.09. The Labute approximate surface area is 114 Å². The van der Waals surface area contributed by atoms with Crippen LogP contribution in [0.4, 0.5) is 0 Å². The van der Waals surface area contributed by atoms with Gasteiger partial charge in [-0.3, -0.25) is 0 Å². The Bertz CT molecular complexity index is 490. The normalized spacial score (nSPS) is 41.9. The highest BCUT2D eigenvalue weighted by Gasteiger charge is 2.58. The maximum absolute atomic E-state index is 11.9. The molecule has 1 heterocycles. The van der Waals surface area contributed by atoms with Crippen molar-refractivity contribution in [1.29, 1.82) is 0 Å². The monoisotopic (exact) mass is 262 g/mol. The molecule has 3 heteroatoms. The van der Waals surface area contributed by atoms with Crippen molar-refractivity contribution in [2.45, 2.75) is 51.7 Å². The van der Waals surface area contributed by atoms with Gasteiger partial charge in [0.05, 0.1) is 0 Å². The summed E-state index contributed by atoms with van der Waals surface area (Å²) >= 11 is 0. The Balaban J connectivity index is 2.05. The van der Waals surface area contributed by atoms with Gasteiger partial charge >= 0.3 is 5.97 Å². The smallest absolute Gasteiger partial charge is 0.336 e. The molecule has 3 atom stereocenters. The zero-order chi connectivity index (χ0) is 13.8. The molecule has 0 spiro atoms. The third-order valence-electron chi connectivity index (χ3n) is 5.43. The molecule has 0 bridgehead atoms. The first-order valence-corrected chi connectivity index (χ1v) is 7.08. The van der Waals surface area contributed by atoms with Crippen molar-refractivity contribution in [3.8, 4) is 0 Å². The quantitative estimate of drug-likeness (QED) is 0.537. The maximum atomic E-state index is 11.9. The summed E-state index contributed by atoms with van der Waals surface area (Å²) in [4.78, 5) is 11.9. The number of rotatable bonds is 1. The van der Waals surface area contributed by atoms with Gasteiger partial charge in [-0.2, -0.15) is 0 Å². The van der Waals surface area contributed by atoms with Crippen molar-refractivity contribution < 1.29 is 14.3 Å². The lowest BCUT2D eigenvalue weighted by molar-refractivity contribution is -0.215. The minimum Gasteiger partial charge on any atom is -0.426 e. The summed E-state index contributed by atoms with van der Waals surface area (Å²) in [5, 5.41) is 0. The van der Waals surface area contributed by atoms with Crippen LogP contribution in [-0.2, 0) is 14.3 Å². The van der Waals surface area contributed by atoms with Gasteiger partial charge in [0.25, 0.3) is 0 Å². The fraction of sp³-hybridized carbons (Fsp3) is 0.688. The number of carbonyl (C=O) groups is 1. The van der Waals surface area contributed by atoms with E-state index in [9.17, 15) is 4.79 Å². The summed E-state index contributed by atoms with van der Waals surface area (Å²) in [5.74, 6) is -0.557. The average Bonchev–Trinajstić information content (AvgIpc) is 2.59. The largest absolute Gasteiger partial charge is 0.426 e. The highest BCUT2D eigenvalue weighted by molar-refractivity contribution is 5.92. The lowest BCUT2D eigenvalue weighted by Gasteiger charge is -2.51. The second kappa shape index (κ2) is 3.95. The van der Waals surface area contributed by atoms with E-state index in [1.165, 1.54) is 12.0 Å². The lowest BCUT2D eigenvalue weighted by atomic mass is 9.56. The Morgan fingerprint density at radius 1 is 1.47 bits per heavy atom. The van der Waals surface area contributed by atoms with E-state index in [2.05, 4.69) is 13.5 Å². The number of hydrogen-bond donors (Lipinski definition) is 0. The van der Waals surface area contributed by atoms with Crippen LogP contribution < -0.4 is 0 Å². The van der Waals surface area contributed by atoms with Crippen LogP contribution in [0, 0.1) is 11.3 Å². The minimum atomic E-state index is -0.802.